The molecule has 0 aliphatic carbocycles. The normalized spacial score (nSPS) is 15.6. The number of amides is 2. The molecule has 2 aromatic carbocycles. The zero-order valence-corrected chi connectivity index (χ0v) is 14.7. The van der Waals surface area contributed by atoms with Gasteiger partial charge in [-0.3, -0.25) is 14.5 Å². The molecule has 0 aromatic heterocycles. The van der Waals surface area contributed by atoms with Crippen molar-refractivity contribution >= 4 is 29.0 Å². The topological polar surface area (TPSA) is 46.6 Å². The molecule has 3 rings (SSSR count). The van der Waals surface area contributed by atoms with E-state index in [2.05, 4.69) is 6.58 Å². The van der Waals surface area contributed by atoms with E-state index in [1.807, 2.05) is 0 Å². The SMILES string of the molecule is C=CCN1C(=O)S/C(=C/c2ccccc2OCc2ccccc2F)C1=O. The predicted octanol–water partition coefficient (Wildman–Crippen LogP) is 4.63. The van der Waals surface area contributed by atoms with E-state index in [-0.39, 0.29) is 30.1 Å². The van der Waals surface area contributed by atoms with Crippen LogP contribution in [-0.4, -0.2) is 22.6 Å². The summed E-state index contributed by atoms with van der Waals surface area (Å²) in [5.41, 5.74) is 1.08. The lowest BCUT2D eigenvalue weighted by molar-refractivity contribution is -0.122. The van der Waals surface area contributed by atoms with Crippen molar-refractivity contribution in [3.8, 4) is 5.75 Å². The minimum absolute atomic E-state index is 0.0649. The third kappa shape index (κ3) is 3.86. The molecule has 1 aliphatic rings. The third-order valence-electron chi connectivity index (χ3n) is 3.73. The lowest BCUT2D eigenvalue weighted by atomic mass is 10.1. The Morgan fingerprint density at radius 2 is 1.85 bits per heavy atom. The van der Waals surface area contributed by atoms with Crippen LogP contribution < -0.4 is 4.74 Å². The number of hydrogen-bond acceptors (Lipinski definition) is 4. The fourth-order valence-corrected chi connectivity index (χ4v) is 3.27. The van der Waals surface area contributed by atoms with Gasteiger partial charge in [0, 0.05) is 17.7 Å². The van der Waals surface area contributed by atoms with Gasteiger partial charge in [0.2, 0.25) is 0 Å². The maximum Gasteiger partial charge on any atom is 0.293 e. The van der Waals surface area contributed by atoms with Crippen molar-refractivity contribution in [1.29, 1.82) is 0 Å². The number of imide groups is 1. The highest BCUT2D eigenvalue weighted by molar-refractivity contribution is 8.18. The number of nitrogens with zero attached hydrogens (tertiary/aromatic N) is 1. The van der Waals surface area contributed by atoms with Crippen molar-refractivity contribution < 1.29 is 18.7 Å². The Labute approximate surface area is 155 Å². The van der Waals surface area contributed by atoms with Crippen LogP contribution in [-0.2, 0) is 11.4 Å². The van der Waals surface area contributed by atoms with Crippen LogP contribution in [0.5, 0.6) is 5.75 Å². The summed E-state index contributed by atoms with van der Waals surface area (Å²) >= 11 is 0.877. The molecule has 1 saturated heterocycles. The van der Waals surface area contributed by atoms with Crippen LogP contribution >= 0.6 is 11.8 Å². The van der Waals surface area contributed by atoms with Crippen LogP contribution in [0.1, 0.15) is 11.1 Å². The second-order valence-electron chi connectivity index (χ2n) is 5.50. The van der Waals surface area contributed by atoms with Gasteiger partial charge in [-0.2, -0.15) is 0 Å². The number of benzene rings is 2. The Hall–Kier alpha value is -2.86. The summed E-state index contributed by atoms with van der Waals surface area (Å²) in [6.45, 7) is 3.79. The van der Waals surface area contributed by atoms with Crippen LogP contribution in [0.4, 0.5) is 9.18 Å². The molecule has 6 heteroatoms. The predicted molar refractivity (Wildman–Crippen MR) is 100 cm³/mol. The summed E-state index contributed by atoms with van der Waals surface area (Å²) in [5.74, 6) is -0.189. The highest BCUT2D eigenvalue weighted by Crippen LogP contribution is 2.34. The van der Waals surface area contributed by atoms with Gasteiger partial charge in [-0.05, 0) is 30.0 Å². The van der Waals surface area contributed by atoms with Gasteiger partial charge in [0.15, 0.2) is 0 Å². The monoisotopic (exact) mass is 369 g/mol. The first-order chi connectivity index (χ1) is 12.6. The number of ether oxygens (including phenoxy) is 1. The standard InChI is InChI=1S/C20H16FNO3S/c1-2-11-22-19(23)18(26-20(22)24)12-14-7-4-6-10-17(14)25-13-15-8-3-5-9-16(15)21/h2-10,12H,1,11,13H2/b18-12+. The molecule has 0 atom stereocenters. The molecule has 2 amide bonds. The first kappa shape index (κ1) is 17.9. The summed E-state index contributed by atoms with van der Waals surface area (Å²) in [6, 6.07) is 13.5. The molecule has 26 heavy (non-hydrogen) atoms. The van der Waals surface area contributed by atoms with Crippen molar-refractivity contribution in [1.82, 2.24) is 4.90 Å². The van der Waals surface area contributed by atoms with Gasteiger partial charge in [-0.15, -0.1) is 6.58 Å². The average molecular weight is 369 g/mol. The summed E-state index contributed by atoms with van der Waals surface area (Å²) < 4.78 is 19.5. The maximum atomic E-state index is 13.7. The number of carbonyl (C=O) groups is 2. The zero-order valence-electron chi connectivity index (χ0n) is 13.9. The van der Waals surface area contributed by atoms with E-state index >= 15 is 0 Å². The second kappa shape index (κ2) is 8.01. The molecule has 0 spiro atoms. The molecule has 1 fully saturated rings. The largest absolute Gasteiger partial charge is 0.488 e. The summed E-state index contributed by atoms with van der Waals surface area (Å²) in [5, 5.41) is -0.328. The van der Waals surface area contributed by atoms with Gasteiger partial charge in [0.25, 0.3) is 11.1 Å². The summed E-state index contributed by atoms with van der Waals surface area (Å²) in [4.78, 5) is 25.7. The van der Waals surface area contributed by atoms with Gasteiger partial charge < -0.3 is 4.74 Å². The number of para-hydroxylation sites is 1. The van der Waals surface area contributed by atoms with E-state index in [9.17, 15) is 14.0 Å². The molecule has 1 heterocycles. The molecule has 0 saturated carbocycles. The van der Waals surface area contributed by atoms with Crippen molar-refractivity contribution in [3.05, 3.63) is 83.0 Å². The molecule has 0 unspecified atom stereocenters. The van der Waals surface area contributed by atoms with Crippen LogP contribution in [0.25, 0.3) is 6.08 Å². The Morgan fingerprint density at radius 1 is 1.12 bits per heavy atom. The fourth-order valence-electron chi connectivity index (χ4n) is 2.43. The van der Waals surface area contributed by atoms with Gasteiger partial charge in [-0.25, -0.2) is 4.39 Å². The molecular weight excluding hydrogens is 353 g/mol. The van der Waals surface area contributed by atoms with Crippen molar-refractivity contribution in [2.24, 2.45) is 0 Å². The Kier molecular flexibility index (Phi) is 5.53. The smallest absolute Gasteiger partial charge is 0.293 e. The van der Waals surface area contributed by atoms with Crippen LogP contribution in [0.15, 0.2) is 66.1 Å². The Bertz CT molecular complexity index is 894. The van der Waals surface area contributed by atoms with E-state index in [0.717, 1.165) is 16.7 Å². The summed E-state index contributed by atoms with van der Waals surface area (Å²) in [7, 11) is 0. The lowest BCUT2D eigenvalue weighted by Crippen LogP contribution is -2.27. The minimum atomic E-state index is -0.358. The molecule has 1 aliphatic heterocycles. The molecule has 0 radical (unpaired) electrons. The average Bonchev–Trinajstić information content (AvgIpc) is 2.90. The van der Waals surface area contributed by atoms with E-state index in [4.69, 9.17) is 4.74 Å². The number of rotatable bonds is 6. The number of hydrogen-bond donors (Lipinski definition) is 0. The number of thioether (sulfide) groups is 1. The van der Waals surface area contributed by atoms with Crippen molar-refractivity contribution in [3.63, 3.8) is 0 Å². The quantitative estimate of drug-likeness (QED) is 0.550. The van der Waals surface area contributed by atoms with Crippen LogP contribution in [0, 0.1) is 5.82 Å². The second-order valence-corrected chi connectivity index (χ2v) is 6.49. The molecular formula is C20H16FNO3S. The Balaban J connectivity index is 1.81. The zero-order chi connectivity index (χ0) is 18.5. The van der Waals surface area contributed by atoms with Crippen LogP contribution in [0.3, 0.4) is 0 Å². The third-order valence-corrected chi connectivity index (χ3v) is 4.64. The fraction of sp³-hybridized carbons (Fsp3) is 0.100. The summed E-state index contributed by atoms with van der Waals surface area (Å²) in [6.07, 6.45) is 3.12. The van der Waals surface area contributed by atoms with Crippen molar-refractivity contribution in [2.75, 3.05) is 6.54 Å². The highest BCUT2D eigenvalue weighted by atomic mass is 32.2. The van der Waals surface area contributed by atoms with E-state index in [0.29, 0.717) is 21.8 Å². The first-order valence-electron chi connectivity index (χ1n) is 7.91. The molecule has 132 valence electrons. The maximum absolute atomic E-state index is 13.7. The van der Waals surface area contributed by atoms with E-state index in [1.54, 1.807) is 48.5 Å². The van der Waals surface area contributed by atoms with Gasteiger partial charge >= 0.3 is 0 Å². The van der Waals surface area contributed by atoms with Gasteiger partial charge in [0.1, 0.15) is 18.2 Å². The first-order valence-corrected chi connectivity index (χ1v) is 8.73. The number of halogens is 1. The molecule has 0 bridgehead atoms. The molecule has 4 nitrogen and oxygen atoms in total. The van der Waals surface area contributed by atoms with E-state index in [1.165, 1.54) is 12.1 Å². The van der Waals surface area contributed by atoms with Crippen LogP contribution in [0.2, 0.25) is 0 Å². The molecule has 2 aromatic rings. The van der Waals surface area contributed by atoms with Crippen molar-refractivity contribution in [2.45, 2.75) is 6.61 Å². The Morgan fingerprint density at radius 3 is 2.62 bits per heavy atom. The molecule has 0 N–H and O–H groups in total. The highest BCUT2D eigenvalue weighted by Gasteiger charge is 2.34. The van der Waals surface area contributed by atoms with E-state index < -0.39 is 0 Å². The van der Waals surface area contributed by atoms with Gasteiger partial charge in [0.05, 0.1) is 4.91 Å². The minimum Gasteiger partial charge on any atom is -0.488 e. The van der Waals surface area contributed by atoms with Gasteiger partial charge in [-0.1, -0.05) is 42.5 Å². The lowest BCUT2D eigenvalue weighted by Gasteiger charge is -2.10. The number of carbonyl (C=O) groups excluding carboxylic acids is 2.